The highest BCUT2D eigenvalue weighted by molar-refractivity contribution is 6.51. The summed E-state index contributed by atoms with van der Waals surface area (Å²) >= 11 is 0. The minimum Gasteiger partial charge on any atom is -0.449 e. The number of fused-ring (bicyclic) bond motifs is 1. The molecule has 0 fully saturated rings. The number of hydrogen-bond acceptors (Lipinski definition) is 6. The molecule has 164 valence electrons. The summed E-state index contributed by atoms with van der Waals surface area (Å²) in [5, 5.41) is 0. The third-order valence-corrected chi connectivity index (χ3v) is 5.65. The van der Waals surface area contributed by atoms with Crippen molar-refractivity contribution in [2.45, 2.75) is 33.1 Å². The predicted molar refractivity (Wildman–Crippen MR) is 122 cm³/mol. The first-order chi connectivity index (χ1) is 15.3. The Hall–Kier alpha value is -3.69. The molecule has 0 aliphatic rings. The average molecular weight is 433 g/mol. The molecule has 3 heterocycles. The number of imidazole rings is 1. The zero-order chi connectivity index (χ0) is 23.0. The van der Waals surface area contributed by atoms with E-state index in [1.54, 1.807) is 25.4 Å². The number of aromatic nitrogens is 5. The zero-order valence-electron chi connectivity index (χ0n) is 18.6. The van der Waals surface area contributed by atoms with Gasteiger partial charge in [-0.3, -0.25) is 18.7 Å². The maximum atomic E-state index is 13.0. The summed E-state index contributed by atoms with van der Waals surface area (Å²) in [5.74, 6) is 0.597. The number of carbonyl (C=O) groups is 1. The highest BCUT2D eigenvalue weighted by atomic mass is 16.3. The quantitative estimate of drug-likeness (QED) is 0.311. The second-order valence-corrected chi connectivity index (χ2v) is 7.83. The molecule has 0 atom stereocenters. The van der Waals surface area contributed by atoms with E-state index in [1.807, 2.05) is 23.6 Å². The Balaban J connectivity index is 1.79. The first-order valence-electron chi connectivity index (χ1n) is 10.5. The normalized spacial score (nSPS) is 11.2. The van der Waals surface area contributed by atoms with Crippen molar-refractivity contribution in [1.82, 2.24) is 23.7 Å². The van der Waals surface area contributed by atoms with Crippen molar-refractivity contribution in [2.24, 2.45) is 14.1 Å². The lowest BCUT2D eigenvalue weighted by atomic mass is 9.73. The summed E-state index contributed by atoms with van der Waals surface area (Å²) in [6, 6.07) is 7.26. The fourth-order valence-corrected chi connectivity index (χ4v) is 3.73. The minimum absolute atomic E-state index is 0.00779. The number of carbonyl (C=O) groups excluding carboxylic acids is 1. The molecule has 0 amide bonds. The van der Waals surface area contributed by atoms with E-state index in [4.69, 9.17) is 4.42 Å². The van der Waals surface area contributed by atoms with Gasteiger partial charge in [0, 0.05) is 32.5 Å². The molecule has 0 aliphatic carbocycles. The van der Waals surface area contributed by atoms with Crippen LogP contribution in [0, 0.1) is 0 Å². The maximum absolute atomic E-state index is 13.0. The molecule has 0 N–H and O–H groups in total. The van der Waals surface area contributed by atoms with Gasteiger partial charge in [0.05, 0.1) is 11.4 Å². The number of oxazole rings is 1. The molecule has 9 nitrogen and oxygen atoms in total. The molecule has 4 rings (SSSR count). The van der Waals surface area contributed by atoms with Gasteiger partial charge in [-0.25, -0.2) is 14.8 Å². The van der Waals surface area contributed by atoms with Gasteiger partial charge in [-0.1, -0.05) is 31.2 Å². The van der Waals surface area contributed by atoms with E-state index >= 15 is 0 Å². The standard InChI is InChI=1S/C22H24BN5O4/c1-5-16-12-32-17(24-16)10-23-21-25-19-18(20(30)27(4)22(31)26(19)3)28(21)11-14-6-8-15(9-7-14)13(2)29/h6-9,12,23H,5,10-11H2,1-4H3. The predicted octanol–water partition coefficient (Wildman–Crippen LogP) is 0.497. The first kappa shape index (κ1) is 21.5. The molecule has 0 saturated heterocycles. The largest absolute Gasteiger partial charge is 0.449 e. The SMILES string of the molecule is CCc1coc(CBc2nc3c(c(=O)n(C)c(=O)n3C)n2Cc2ccc(C(C)=O)cc2)n1. The Labute approximate surface area is 184 Å². The monoisotopic (exact) mass is 433 g/mol. The number of nitrogens with zero attached hydrogens (tertiary/aromatic N) is 5. The topological polar surface area (TPSA) is 105 Å². The lowest BCUT2D eigenvalue weighted by Crippen LogP contribution is -2.38. The third-order valence-electron chi connectivity index (χ3n) is 5.65. The van der Waals surface area contributed by atoms with Crippen molar-refractivity contribution in [3.63, 3.8) is 0 Å². The number of hydrogen-bond donors (Lipinski definition) is 0. The van der Waals surface area contributed by atoms with Crippen LogP contribution in [0.2, 0.25) is 0 Å². The number of ketones is 1. The van der Waals surface area contributed by atoms with Crippen LogP contribution in [-0.2, 0) is 33.4 Å². The molecule has 3 aromatic heterocycles. The first-order valence-corrected chi connectivity index (χ1v) is 10.5. The van der Waals surface area contributed by atoms with E-state index in [-0.39, 0.29) is 5.78 Å². The molecule has 0 spiro atoms. The van der Waals surface area contributed by atoms with E-state index in [9.17, 15) is 14.4 Å². The van der Waals surface area contributed by atoms with Crippen LogP contribution in [-0.4, -0.2) is 36.7 Å². The molecular weight excluding hydrogens is 409 g/mol. The van der Waals surface area contributed by atoms with Crippen LogP contribution >= 0.6 is 0 Å². The van der Waals surface area contributed by atoms with Crippen LogP contribution in [0.15, 0.2) is 44.5 Å². The Morgan fingerprint density at radius 3 is 2.44 bits per heavy atom. The molecule has 0 bridgehead atoms. The zero-order valence-corrected chi connectivity index (χ0v) is 18.6. The lowest BCUT2D eigenvalue weighted by molar-refractivity contribution is 0.101. The smallest absolute Gasteiger partial charge is 0.332 e. The molecule has 0 saturated carbocycles. The highest BCUT2D eigenvalue weighted by Gasteiger charge is 2.20. The van der Waals surface area contributed by atoms with Crippen molar-refractivity contribution < 1.29 is 9.21 Å². The van der Waals surface area contributed by atoms with Gasteiger partial charge in [0.1, 0.15) is 6.26 Å². The van der Waals surface area contributed by atoms with Gasteiger partial charge in [0.2, 0.25) is 7.28 Å². The Kier molecular flexibility index (Phi) is 5.69. The van der Waals surface area contributed by atoms with Crippen LogP contribution in [0.3, 0.4) is 0 Å². The molecule has 32 heavy (non-hydrogen) atoms. The minimum atomic E-state index is -0.426. The van der Waals surface area contributed by atoms with Crippen molar-refractivity contribution in [3.05, 3.63) is 74.1 Å². The summed E-state index contributed by atoms with van der Waals surface area (Å²) in [7, 11) is 3.55. The highest BCUT2D eigenvalue weighted by Crippen LogP contribution is 2.11. The summed E-state index contributed by atoms with van der Waals surface area (Å²) < 4.78 is 9.84. The van der Waals surface area contributed by atoms with E-state index in [0.29, 0.717) is 48.5 Å². The molecule has 0 radical (unpaired) electrons. The second kappa shape index (κ2) is 8.45. The van der Waals surface area contributed by atoms with Crippen molar-refractivity contribution in [2.75, 3.05) is 0 Å². The van der Waals surface area contributed by atoms with Gasteiger partial charge in [-0.15, -0.1) is 0 Å². The fourth-order valence-electron chi connectivity index (χ4n) is 3.73. The van der Waals surface area contributed by atoms with E-state index in [2.05, 4.69) is 9.97 Å². The number of aryl methyl sites for hydroxylation is 2. The van der Waals surface area contributed by atoms with Crippen LogP contribution in [0.5, 0.6) is 0 Å². The van der Waals surface area contributed by atoms with Gasteiger partial charge >= 0.3 is 5.69 Å². The van der Waals surface area contributed by atoms with Gasteiger partial charge < -0.3 is 8.98 Å². The summed E-state index contributed by atoms with van der Waals surface area (Å²) in [5.41, 5.74) is 2.96. The van der Waals surface area contributed by atoms with Crippen LogP contribution in [0.4, 0.5) is 0 Å². The van der Waals surface area contributed by atoms with E-state index < -0.39 is 11.2 Å². The fraction of sp³-hybridized carbons (Fsp3) is 0.318. The van der Waals surface area contributed by atoms with Gasteiger partial charge in [0.25, 0.3) is 5.56 Å². The Bertz CT molecular complexity index is 1430. The number of Topliss-reactive ketones (excluding diaryl/α,β-unsaturated/α-hetero) is 1. The van der Waals surface area contributed by atoms with Crippen LogP contribution in [0.25, 0.3) is 11.2 Å². The summed E-state index contributed by atoms with van der Waals surface area (Å²) in [4.78, 5) is 46.1. The van der Waals surface area contributed by atoms with Gasteiger partial charge in [-0.05, 0) is 18.9 Å². The van der Waals surface area contributed by atoms with Crippen molar-refractivity contribution in [1.29, 1.82) is 0 Å². The van der Waals surface area contributed by atoms with Gasteiger partial charge in [0.15, 0.2) is 22.8 Å². The second-order valence-electron chi connectivity index (χ2n) is 7.83. The van der Waals surface area contributed by atoms with Crippen LogP contribution in [0.1, 0.15) is 41.4 Å². The van der Waals surface area contributed by atoms with E-state index in [1.165, 1.54) is 18.5 Å². The molecule has 0 aliphatic heterocycles. The molecule has 10 heteroatoms. The number of benzene rings is 1. The molecule has 1 aromatic carbocycles. The summed E-state index contributed by atoms with van der Waals surface area (Å²) in [6.07, 6.45) is 2.95. The molecule has 0 unspecified atom stereocenters. The maximum Gasteiger partial charge on any atom is 0.332 e. The third kappa shape index (κ3) is 3.83. The van der Waals surface area contributed by atoms with E-state index in [0.717, 1.165) is 22.2 Å². The Morgan fingerprint density at radius 2 is 1.81 bits per heavy atom. The lowest BCUT2D eigenvalue weighted by Gasteiger charge is -2.10. The van der Waals surface area contributed by atoms with Gasteiger partial charge in [-0.2, -0.15) is 0 Å². The molecular formula is C22H24BN5O4. The van der Waals surface area contributed by atoms with Crippen molar-refractivity contribution in [3.8, 4) is 0 Å². The Morgan fingerprint density at radius 1 is 1.09 bits per heavy atom. The van der Waals surface area contributed by atoms with Crippen molar-refractivity contribution >= 4 is 30.0 Å². The number of rotatable bonds is 7. The average Bonchev–Trinajstić information content (AvgIpc) is 3.40. The summed E-state index contributed by atoms with van der Waals surface area (Å²) in [6.45, 7) is 3.91. The molecule has 4 aromatic rings. The van der Waals surface area contributed by atoms with Crippen LogP contribution < -0.4 is 17.0 Å².